The van der Waals surface area contributed by atoms with Gasteiger partial charge in [0.25, 0.3) is 0 Å². The molecule has 0 spiro atoms. The summed E-state index contributed by atoms with van der Waals surface area (Å²) in [5.41, 5.74) is 3.88. The molecule has 166 valence electrons. The monoisotopic (exact) mass is 422 g/mol. The molecule has 2 aliphatic heterocycles. The average Bonchev–Trinajstić information content (AvgIpc) is 2.80. The third-order valence-corrected chi connectivity index (χ3v) is 6.38. The van der Waals surface area contributed by atoms with Crippen molar-refractivity contribution in [1.82, 2.24) is 14.7 Å². The van der Waals surface area contributed by atoms with Crippen LogP contribution in [0.4, 0.5) is 5.69 Å². The molecule has 31 heavy (non-hydrogen) atoms. The van der Waals surface area contributed by atoms with Crippen molar-refractivity contribution >= 4 is 11.6 Å². The number of carbonyl (C=O) groups excluding carboxylic acids is 1. The van der Waals surface area contributed by atoms with Crippen LogP contribution in [0, 0.1) is 6.92 Å². The van der Waals surface area contributed by atoms with Gasteiger partial charge in [-0.2, -0.15) is 0 Å². The molecule has 0 aliphatic carbocycles. The van der Waals surface area contributed by atoms with Crippen LogP contribution in [0.25, 0.3) is 0 Å². The van der Waals surface area contributed by atoms with Gasteiger partial charge in [-0.1, -0.05) is 29.8 Å². The lowest BCUT2D eigenvalue weighted by Crippen LogP contribution is -2.53. The lowest BCUT2D eigenvalue weighted by atomic mass is 10.1. The van der Waals surface area contributed by atoms with E-state index in [0.29, 0.717) is 6.54 Å². The SMILES string of the molecule is COc1ccc(N2CCN(C(=O)CN3CCN(Cc4cccc(C)c4)CC3)CC2)cc1. The van der Waals surface area contributed by atoms with Gasteiger partial charge in [0.2, 0.25) is 5.91 Å². The van der Waals surface area contributed by atoms with Gasteiger partial charge < -0.3 is 14.5 Å². The number of piperazine rings is 2. The van der Waals surface area contributed by atoms with E-state index in [4.69, 9.17) is 4.74 Å². The number of hydrogen-bond donors (Lipinski definition) is 0. The van der Waals surface area contributed by atoms with Crippen LogP contribution >= 0.6 is 0 Å². The van der Waals surface area contributed by atoms with Crippen LogP contribution in [-0.4, -0.2) is 86.6 Å². The summed E-state index contributed by atoms with van der Waals surface area (Å²) >= 11 is 0. The first-order valence-electron chi connectivity index (χ1n) is 11.3. The quantitative estimate of drug-likeness (QED) is 0.715. The molecule has 0 radical (unpaired) electrons. The molecule has 2 aromatic carbocycles. The molecule has 2 saturated heterocycles. The van der Waals surface area contributed by atoms with Crippen molar-refractivity contribution in [3.63, 3.8) is 0 Å². The molecule has 6 nitrogen and oxygen atoms in total. The van der Waals surface area contributed by atoms with E-state index in [2.05, 4.69) is 58.0 Å². The molecule has 0 bridgehead atoms. The van der Waals surface area contributed by atoms with Crippen LogP contribution in [0.3, 0.4) is 0 Å². The van der Waals surface area contributed by atoms with Crippen molar-refractivity contribution in [1.29, 1.82) is 0 Å². The molecule has 0 N–H and O–H groups in total. The molecule has 0 atom stereocenters. The number of amides is 1. The second-order valence-electron chi connectivity index (χ2n) is 8.61. The Kier molecular flexibility index (Phi) is 7.10. The van der Waals surface area contributed by atoms with Gasteiger partial charge >= 0.3 is 0 Å². The lowest BCUT2D eigenvalue weighted by molar-refractivity contribution is -0.133. The number of rotatable bonds is 6. The fraction of sp³-hybridized carbons (Fsp3) is 0.480. The Balaban J connectivity index is 1.19. The van der Waals surface area contributed by atoms with Gasteiger partial charge in [-0.25, -0.2) is 0 Å². The molecule has 2 heterocycles. The number of ether oxygens (including phenoxy) is 1. The van der Waals surface area contributed by atoms with Crippen molar-refractivity contribution in [2.24, 2.45) is 0 Å². The van der Waals surface area contributed by atoms with E-state index in [1.807, 2.05) is 17.0 Å². The maximum Gasteiger partial charge on any atom is 0.236 e. The molecule has 2 aromatic rings. The van der Waals surface area contributed by atoms with Gasteiger partial charge in [-0.3, -0.25) is 14.6 Å². The van der Waals surface area contributed by atoms with Crippen LogP contribution in [0.2, 0.25) is 0 Å². The summed E-state index contributed by atoms with van der Waals surface area (Å²) in [6.07, 6.45) is 0. The largest absolute Gasteiger partial charge is 0.497 e. The Bertz CT molecular complexity index is 854. The summed E-state index contributed by atoms with van der Waals surface area (Å²) in [7, 11) is 1.68. The Morgan fingerprint density at radius 3 is 2.19 bits per heavy atom. The smallest absolute Gasteiger partial charge is 0.236 e. The highest BCUT2D eigenvalue weighted by Gasteiger charge is 2.25. The van der Waals surface area contributed by atoms with E-state index >= 15 is 0 Å². The highest BCUT2D eigenvalue weighted by Crippen LogP contribution is 2.20. The highest BCUT2D eigenvalue weighted by molar-refractivity contribution is 5.78. The molecule has 2 aliphatic rings. The average molecular weight is 423 g/mol. The minimum Gasteiger partial charge on any atom is -0.497 e. The number of methoxy groups -OCH3 is 1. The van der Waals surface area contributed by atoms with Crippen molar-refractivity contribution < 1.29 is 9.53 Å². The molecule has 2 fully saturated rings. The summed E-state index contributed by atoms with van der Waals surface area (Å²) in [6, 6.07) is 16.9. The summed E-state index contributed by atoms with van der Waals surface area (Å²) in [4.78, 5) is 22.0. The zero-order valence-electron chi connectivity index (χ0n) is 18.8. The lowest BCUT2D eigenvalue weighted by Gasteiger charge is -2.38. The first-order valence-corrected chi connectivity index (χ1v) is 11.3. The number of benzene rings is 2. The number of hydrogen-bond acceptors (Lipinski definition) is 5. The normalized spacial score (nSPS) is 18.3. The molecule has 0 unspecified atom stereocenters. The summed E-state index contributed by atoms with van der Waals surface area (Å²) in [5, 5.41) is 0. The number of nitrogens with zero attached hydrogens (tertiary/aromatic N) is 4. The van der Waals surface area contributed by atoms with Crippen LogP contribution < -0.4 is 9.64 Å². The predicted molar refractivity (Wildman–Crippen MR) is 125 cm³/mol. The number of carbonyl (C=O) groups is 1. The first kappa shape index (κ1) is 21.7. The topological polar surface area (TPSA) is 39.3 Å². The Morgan fingerprint density at radius 1 is 0.871 bits per heavy atom. The fourth-order valence-electron chi connectivity index (χ4n) is 4.47. The van der Waals surface area contributed by atoms with Gasteiger partial charge in [0.05, 0.1) is 13.7 Å². The van der Waals surface area contributed by atoms with E-state index in [-0.39, 0.29) is 5.91 Å². The zero-order valence-corrected chi connectivity index (χ0v) is 18.8. The molecular weight excluding hydrogens is 388 g/mol. The molecule has 4 rings (SSSR count). The third-order valence-electron chi connectivity index (χ3n) is 6.38. The van der Waals surface area contributed by atoms with Crippen molar-refractivity contribution in [2.75, 3.05) is 70.9 Å². The van der Waals surface area contributed by atoms with E-state index in [9.17, 15) is 4.79 Å². The van der Waals surface area contributed by atoms with E-state index in [0.717, 1.165) is 64.7 Å². The molecule has 6 heteroatoms. The van der Waals surface area contributed by atoms with E-state index < -0.39 is 0 Å². The van der Waals surface area contributed by atoms with Gasteiger partial charge in [-0.05, 0) is 36.8 Å². The zero-order chi connectivity index (χ0) is 21.6. The fourth-order valence-corrected chi connectivity index (χ4v) is 4.47. The van der Waals surface area contributed by atoms with Crippen molar-refractivity contribution in [2.45, 2.75) is 13.5 Å². The second-order valence-corrected chi connectivity index (χ2v) is 8.61. The maximum absolute atomic E-state index is 12.8. The Hall–Kier alpha value is -2.57. The van der Waals surface area contributed by atoms with Gasteiger partial charge in [0.1, 0.15) is 5.75 Å². The van der Waals surface area contributed by atoms with E-state index in [1.54, 1.807) is 7.11 Å². The molecule has 0 aromatic heterocycles. The second kappa shape index (κ2) is 10.2. The minimum atomic E-state index is 0.265. The van der Waals surface area contributed by atoms with Gasteiger partial charge in [0, 0.05) is 64.6 Å². The third kappa shape index (κ3) is 5.77. The summed E-state index contributed by atoms with van der Waals surface area (Å²) < 4.78 is 5.24. The van der Waals surface area contributed by atoms with Crippen molar-refractivity contribution in [3.05, 3.63) is 59.7 Å². The summed E-state index contributed by atoms with van der Waals surface area (Å²) in [6.45, 7) is 11.0. The van der Waals surface area contributed by atoms with Crippen LogP contribution in [0.5, 0.6) is 5.75 Å². The molecule has 1 amide bonds. The predicted octanol–water partition coefficient (Wildman–Crippen LogP) is 2.47. The van der Waals surface area contributed by atoms with Gasteiger partial charge in [0.15, 0.2) is 0 Å². The number of aryl methyl sites for hydroxylation is 1. The first-order chi connectivity index (χ1) is 15.1. The highest BCUT2D eigenvalue weighted by atomic mass is 16.5. The number of anilines is 1. The maximum atomic E-state index is 12.8. The minimum absolute atomic E-state index is 0.265. The summed E-state index contributed by atoms with van der Waals surface area (Å²) in [5.74, 6) is 1.14. The van der Waals surface area contributed by atoms with Crippen LogP contribution in [0.15, 0.2) is 48.5 Å². The van der Waals surface area contributed by atoms with Crippen LogP contribution in [-0.2, 0) is 11.3 Å². The molecule has 0 saturated carbocycles. The van der Waals surface area contributed by atoms with Gasteiger partial charge in [-0.15, -0.1) is 0 Å². The van der Waals surface area contributed by atoms with Crippen molar-refractivity contribution in [3.8, 4) is 5.75 Å². The standard InChI is InChI=1S/C25H34N4O2/c1-21-4-3-5-22(18-21)19-26-10-12-27(13-11-26)20-25(30)29-16-14-28(15-17-29)23-6-8-24(31-2)9-7-23/h3-9,18H,10-17,19-20H2,1-2H3. The molecular formula is C25H34N4O2. The Morgan fingerprint density at radius 2 is 1.55 bits per heavy atom. The van der Waals surface area contributed by atoms with E-state index in [1.165, 1.54) is 16.8 Å². The Labute approximate surface area is 186 Å². The van der Waals surface area contributed by atoms with Crippen LogP contribution in [0.1, 0.15) is 11.1 Å².